The van der Waals surface area contributed by atoms with Gasteiger partial charge in [0.05, 0.1) is 0 Å². The smallest absolute Gasteiger partial charge is 0.244 e. The van der Waals surface area contributed by atoms with Crippen molar-refractivity contribution < 1.29 is 4.79 Å². The Morgan fingerprint density at radius 3 is 1.98 bits per heavy atom. The number of hydrogen-bond acceptors (Lipinski definition) is 4. The van der Waals surface area contributed by atoms with E-state index in [-0.39, 0.29) is 12.5 Å². The van der Waals surface area contributed by atoms with Crippen LogP contribution < -0.4 is 0 Å². The summed E-state index contributed by atoms with van der Waals surface area (Å²) >= 11 is 0. The van der Waals surface area contributed by atoms with E-state index < -0.39 is 0 Å². The Hall–Kier alpha value is -3.80. The first-order valence-corrected chi connectivity index (χ1v) is 15.0. The summed E-state index contributed by atoms with van der Waals surface area (Å²) in [6.07, 6.45) is 5.61. The Labute approximate surface area is 249 Å². The highest BCUT2D eigenvalue weighted by Gasteiger charge is 2.19. The summed E-state index contributed by atoms with van der Waals surface area (Å²) in [5.41, 5.74) is 5.14. The lowest BCUT2D eigenvalue weighted by Crippen LogP contribution is -2.35. The molecule has 0 N–H and O–H groups in total. The van der Waals surface area contributed by atoms with Gasteiger partial charge in [-0.3, -0.25) is 9.79 Å². The number of carbonyl (C=O) groups excluding carboxylic acids is 1. The minimum atomic E-state index is 0.0845. The van der Waals surface area contributed by atoms with Gasteiger partial charge < -0.3 is 4.90 Å². The van der Waals surface area contributed by atoms with Gasteiger partial charge >= 0.3 is 0 Å². The summed E-state index contributed by atoms with van der Waals surface area (Å²) in [6.45, 7) is 25.5. The van der Waals surface area contributed by atoms with Gasteiger partial charge in [0.1, 0.15) is 6.54 Å². The van der Waals surface area contributed by atoms with Gasteiger partial charge in [-0.2, -0.15) is 0 Å². The highest BCUT2D eigenvalue weighted by Crippen LogP contribution is 2.23. The number of aryl methyl sites for hydroxylation is 1. The van der Waals surface area contributed by atoms with Crippen LogP contribution in [-0.4, -0.2) is 44.9 Å². The summed E-state index contributed by atoms with van der Waals surface area (Å²) in [7, 11) is 0. The lowest BCUT2D eigenvalue weighted by Gasteiger charge is -2.21. The SMILES string of the molecule is C=C(C)/C=C(/C)N=CC.CC.CC.CCCN(CCC)C(=O)Cn1nc(-c2ccc(C)cc2)nc1-c1ccccc1. The normalized spacial score (nSPS) is 10.4. The third kappa shape index (κ3) is 13.9. The van der Waals surface area contributed by atoms with Gasteiger partial charge in [0.2, 0.25) is 5.91 Å². The lowest BCUT2D eigenvalue weighted by atomic mass is 10.1. The van der Waals surface area contributed by atoms with E-state index in [4.69, 9.17) is 4.98 Å². The third-order valence-electron chi connectivity index (χ3n) is 5.43. The maximum atomic E-state index is 12.9. The number of rotatable bonds is 10. The second-order valence-electron chi connectivity index (χ2n) is 9.05. The number of aromatic nitrogens is 3. The van der Waals surface area contributed by atoms with Gasteiger partial charge in [-0.15, -0.1) is 5.10 Å². The molecule has 0 fully saturated rings. The highest BCUT2D eigenvalue weighted by molar-refractivity contribution is 5.77. The van der Waals surface area contributed by atoms with Gasteiger partial charge in [-0.1, -0.05) is 114 Å². The molecular weight excluding hydrogens is 506 g/mol. The minimum absolute atomic E-state index is 0.0845. The van der Waals surface area contributed by atoms with Crippen LogP contribution in [0, 0.1) is 6.92 Å². The van der Waals surface area contributed by atoms with Crippen molar-refractivity contribution in [1.82, 2.24) is 19.7 Å². The Bertz CT molecular complexity index is 1190. The highest BCUT2D eigenvalue weighted by atomic mass is 16.2. The number of allylic oxidation sites excluding steroid dienone is 3. The van der Waals surface area contributed by atoms with Gasteiger partial charge in [0.25, 0.3) is 0 Å². The second-order valence-corrected chi connectivity index (χ2v) is 9.05. The number of amides is 1. The fraction of sp³-hybridized carbons (Fsp3) is 0.429. The monoisotopic (exact) mass is 559 g/mol. The molecule has 2 aromatic carbocycles. The summed E-state index contributed by atoms with van der Waals surface area (Å²) in [5, 5.41) is 4.69. The van der Waals surface area contributed by atoms with E-state index in [9.17, 15) is 4.79 Å². The van der Waals surface area contributed by atoms with Crippen molar-refractivity contribution >= 4 is 12.1 Å². The minimum Gasteiger partial charge on any atom is -0.341 e. The van der Waals surface area contributed by atoms with E-state index in [1.165, 1.54) is 5.56 Å². The van der Waals surface area contributed by atoms with Crippen LogP contribution in [0.2, 0.25) is 0 Å². The van der Waals surface area contributed by atoms with Gasteiger partial charge in [0, 0.05) is 36.1 Å². The fourth-order valence-corrected chi connectivity index (χ4v) is 3.80. The van der Waals surface area contributed by atoms with E-state index in [1.807, 2.05) is 114 Å². The molecule has 0 saturated carbocycles. The van der Waals surface area contributed by atoms with E-state index in [2.05, 4.69) is 37.4 Å². The zero-order chi connectivity index (χ0) is 31.2. The first kappa shape index (κ1) is 37.2. The third-order valence-corrected chi connectivity index (χ3v) is 5.43. The molecule has 0 aliphatic carbocycles. The molecule has 0 unspecified atom stereocenters. The summed E-state index contributed by atoms with van der Waals surface area (Å²) in [6, 6.07) is 18.1. The first-order valence-electron chi connectivity index (χ1n) is 15.0. The molecule has 41 heavy (non-hydrogen) atoms. The topological polar surface area (TPSA) is 63.4 Å². The van der Waals surface area contributed by atoms with Crippen LogP contribution in [0.4, 0.5) is 0 Å². The van der Waals surface area contributed by atoms with Crippen LogP contribution in [0.15, 0.2) is 83.5 Å². The zero-order valence-electron chi connectivity index (χ0n) is 27.2. The van der Waals surface area contributed by atoms with Crippen molar-refractivity contribution in [2.24, 2.45) is 4.99 Å². The van der Waals surface area contributed by atoms with Crippen molar-refractivity contribution in [2.45, 2.75) is 88.6 Å². The quantitative estimate of drug-likeness (QED) is 0.184. The molecule has 0 saturated heterocycles. The molecule has 6 heteroatoms. The molecule has 3 aromatic rings. The van der Waals surface area contributed by atoms with Gasteiger partial charge in [0.15, 0.2) is 11.6 Å². The molecule has 0 aliphatic rings. The summed E-state index contributed by atoms with van der Waals surface area (Å²) in [4.78, 5) is 23.6. The molecular formula is C35H53N5O. The van der Waals surface area contributed by atoms with Gasteiger partial charge in [-0.25, -0.2) is 9.67 Å². The maximum absolute atomic E-state index is 12.9. The molecule has 6 nitrogen and oxygen atoms in total. The number of nitrogens with zero attached hydrogens (tertiary/aromatic N) is 5. The summed E-state index contributed by atoms with van der Waals surface area (Å²) in [5.74, 6) is 1.45. The number of hydrogen-bond donors (Lipinski definition) is 0. The predicted octanol–water partition coefficient (Wildman–Crippen LogP) is 9.18. The van der Waals surface area contributed by atoms with Crippen molar-refractivity contribution in [1.29, 1.82) is 0 Å². The average Bonchev–Trinajstić information content (AvgIpc) is 3.39. The van der Waals surface area contributed by atoms with Crippen molar-refractivity contribution in [3.05, 3.63) is 84.1 Å². The van der Waals surface area contributed by atoms with Crippen LogP contribution in [0.5, 0.6) is 0 Å². The van der Waals surface area contributed by atoms with E-state index >= 15 is 0 Å². The molecule has 3 rings (SSSR count). The maximum Gasteiger partial charge on any atom is 0.244 e. The largest absolute Gasteiger partial charge is 0.341 e. The lowest BCUT2D eigenvalue weighted by molar-refractivity contribution is -0.132. The number of benzene rings is 2. The molecule has 0 spiro atoms. The Balaban J connectivity index is 0.00000104. The molecule has 0 atom stereocenters. The molecule has 224 valence electrons. The number of aliphatic imine (C=N–C) groups is 1. The second kappa shape index (κ2) is 22.0. The van der Waals surface area contributed by atoms with Gasteiger partial charge in [-0.05, 0) is 46.6 Å². The predicted molar refractivity (Wildman–Crippen MR) is 178 cm³/mol. The zero-order valence-corrected chi connectivity index (χ0v) is 27.2. The van der Waals surface area contributed by atoms with E-state index in [0.29, 0.717) is 5.82 Å². The Morgan fingerprint density at radius 1 is 0.927 bits per heavy atom. The molecule has 1 amide bonds. The van der Waals surface area contributed by atoms with Crippen molar-refractivity contribution in [2.75, 3.05) is 13.1 Å². The van der Waals surface area contributed by atoms with Crippen LogP contribution >= 0.6 is 0 Å². The molecule has 1 aromatic heterocycles. The Kier molecular flexibility index (Phi) is 19.9. The average molecular weight is 560 g/mol. The van der Waals surface area contributed by atoms with Crippen LogP contribution in [0.3, 0.4) is 0 Å². The van der Waals surface area contributed by atoms with Crippen LogP contribution in [0.1, 0.15) is 80.7 Å². The van der Waals surface area contributed by atoms with Crippen LogP contribution in [-0.2, 0) is 11.3 Å². The number of carbonyl (C=O) groups is 1. The fourth-order valence-electron chi connectivity index (χ4n) is 3.80. The molecule has 0 aliphatic heterocycles. The van der Waals surface area contributed by atoms with E-state index in [1.54, 1.807) is 10.9 Å². The van der Waals surface area contributed by atoms with Crippen molar-refractivity contribution in [3.8, 4) is 22.8 Å². The summed E-state index contributed by atoms with van der Waals surface area (Å²) < 4.78 is 1.74. The molecule has 0 bridgehead atoms. The molecule has 1 heterocycles. The molecule has 0 radical (unpaired) electrons. The van der Waals surface area contributed by atoms with Crippen LogP contribution in [0.25, 0.3) is 22.8 Å². The standard InChI is InChI=1S/C23H28N4O.C8H13N.2C2H6/c1-4-15-26(16-5-2)21(28)17-27-23(20-9-7-6-8-10-20)24-22(25-27)19-13-11-18(3)12-14-19;1-5-9-8(4)6-7(2)3;2*1-2/h6-14H,4-5,15-17H2,1-3H3;5-6H,2H2,1,3-4H3;2*1-2H3/b;8-6-,9-5?;;. The van der Waals surface area contributed by atoms with Crippen molar-refractivity contribution in [3.63, 3.8) is 0 Å². The first-order chi connectivity index (χ1) is 19.8. The van der Waals surface area contributed by atoms with E-state index in [0.717, 1.165) is 54.2 Å². The Morgan fingerprint density at radius 2 is 1.49 bits per heavy atom.